The molecule has 0 saturated carbocycles. The third kappa shape index (κ3) is 4.96. The molecule has 2 heteroatoms. The number of unbranched alkanes of at least 4 members (excludes halogenated alkanes) is 1. The van der Waals surface area contributed by atoms with Crippen LogP contribution in [0.1, 0.15) is 30.9 Å². The van der Waals surface area contributed by atoms with E-state index in [1.807, 2.05) is 12.1 Å². The van der Waals surface area contributed by atoms with Crippen molar-refractivity contribution in [1.29, 1.82) is 0 Å². The van der Waals surface area contributed by atoms with Gasteiger partial charge in [-0.15, -0.1) is 0 Å². The lowest BCUT2D eigenvalue weighted by atomic mass is 10.1. The third-order valence-electron chi connectivity index (χ3n) is 3.52. The van der Waals surface area contributed by atoms with Gasteiger partial charge in [-0.2, -0.15) is 0 Å². The molecular formula is C20H25NO. The second-order valence-corrected chi connectivity index (χ2v) is 5.59. The highest BCUT2D eigenvalue weighted by Gasteiger charge is 1.95. The van der Waals surface area contributed by atoms with Crippen molar-refractivity contribution < 1.29 is 4.74 Å². The van der Waals surface area contributed by atoms with Crippen molar-refractivity contribution in [2.75, 3.05) is 25.6 Å². The lowest BCUT2D eigenvalue weighted by molar-refractivity contribution is 0.309. The Kier molecular flexibility index (Phi) is 6.08. The van der Waals surface area contributed by atoms with Crippen LogP contribution in [0.15, 0.2) is 48.5 Å². The van der Waals surface area contributed by atoms with Crippen molar-refractivity contribution >= 4 is 17.8 Å². The molecule has 0 unspecified atom stereocenters. The van der Waals surface area contributed by atoms with Crippen LogP contribution >= 0.6 is 0 Å². The Hall–Kier alpha value is -2.22. The van der Waals surface area contributed by atoms with Crippen LogP contribution in [0.3, 0.4) is 0 Å². The normalized spacial score (nSPS) is 10.9. The van der Waals surface area contributed by atoms with Gasteiger partial charge in [0.2, 0.25) is 0 Å². The van der Waals surface area contributed by atoms with Crippen molar-refractivity contribution in [1.82, 2.24) is 0 Å². The first kappa shape index (κ1) is 16.2. The number of nitrogens with zero attached hydrogens (tertiary/aromatic N) is 1. The molecule has 0 bridgehead atoms. The van der Waals surface area contributed by atoms with Gasteiger partial charge in [0.15, 0.2) is 0 Å². The Morgan fingerprint density at radius 2 is 1.41 bits per heavy atom. The Balaban J connectivity index is 1.94. The van der Waals surface area contributed by atoms with Crippen LogP contribution < -0.4 is 9.64 Å². The summed E-state index contributed by atoms with van der Waals surface area (Å²) < 4.78 is 5.67. The van der Waals surface area contributed by atoms with Gasteiger partial charge in [-0.25, -0.2) is 0 Å². The summed E-state index contributed by atoms with van der Waals surface area (Å²) in [5.41, 5.74) is 3.60. The first-order valence-electron chi connectivity index (χ1n) is 7.87. The topological polar surface area (TPSA) is 12.5 Å². The molecule has 0 aliphatic rings. The number of rotatable bonds is 7. The quantitative estimate of drug-likeness (QED) is 0.520. The molecule has 2 aromatic carbocycles. The molecule has 0 heterocycles. The number of anilines is 1. The molecule has 0 saturated heterocycles. The Labute approximate surface area is 134 Å². The lowest BCUT2D eigenvalue weighted by Gasteiger charge is -2.11. The van der Waals surface area contributed by atoms with Crippen molar-refractivity contribution in [3.63, 3.8) is 0 Å². The average molecular weight is 295 g/mol. The molecule has 0 atom stereocenters. The van der Waals surface area contributed by atoms with Gasteiger partial charge >= 0.3 is 0 Å². The van der Waals surface area contributed by atoms with E-state index in [4.69, 9.17) is 4.74 Å². The fraction of sp³-hybridized carbons (Fsp3) is 0.300. The average Bonchev–Trinajstić information content (AvgIpc) is 2.55. The van der Waals surface area contributed by atoms with E-state index >= 15 is 0 Å². The van der Waals surface area contributed by atoms with Crippen LogP contribution in [0, 0.1) is 0 Å². The van der Waals surface area contributed by atoms with E-state index in [9.17, 15) is 0 Å². The van der Waals surface area contributed by atoms with Crippen LogP contribution in [-0.4, -0.2) is 20.7 Å². The fourth-order valence-corrected chi connectivity index (χ4v) is 2.09. The highest BCUT2D eigenvalue weighted by atomic mass is 16.5. The number of ether oxygens (including phenoxy) is 1. The largest absolute Gasteiger partial charge is 0.494 e. The SMILES string of the molecule is CCCCOc1ccc(C=Cc2ccc(N(C)C)cc2)cc1. The zero-order chi connectivity index (χ0) is 15.8. The van der Waals surface area contributed by atoms with Crippen molar-refractivity contribution in [3.8, 4) is 5.75 Å². The minimum atomic E-state index is 0.796. The highest BCUT2D eigenvalue weighted by Crippen LogP contribution is 2.17. The summed E-state index contributed by atoms with van der Waals surface area (Å²) >= 11 is 0. The van der Waals surface area contributed by atoms with E-state index in [1.165, 1.54) is 16.8 Å². The Bertz CT molecular complexity index is 582. The highest BCUT2D eigenvalue weighted by molar-refractivity contribution is 5.70. The zero-order valence-electron chi connectivity index (χ0n) is 13.8. The molecule has 2 nitrogen and oxygen atoms in total. The van der Waals surface area contributed by atoms with Gasteiger partial charge in [0.1, 0.15) is 5.75 Å². The molecule has 0 radical (unpaired) electrons. The maximum atomic E-state index is 5.67. The van der Waals surface area contributed by atoms with Crippen LogP contribution in [0.2, 0.25) is 0 Å². The smallest absolute Gasteiger partial charge is 0.119 e. The first-order valence-corrected chi connectivity index (χ1v) is 7.87. The molecule has 0 aliphatic carbocycles. The third-order valence-corrected chi connectivity index (χ3v) is 3.52. The molecular weight excluding hydrogens is 270 g/mol. The van der Waals surface area contributed by atoms with Gasteiger partial charge in [0.05, 0.1) is 6.61 Å². The summed E-state index contributed by atoms with van der Waals surface area (Å²) in [6, 6.07) is 16.8. The van der Waals surface area contributed by atoms with Crippen LogP contribution in [0.5, 0.6) is 5.75 Å². The van der Waals surface area contributed by atoms with Crippen molar-refractivity contribution in [2.45, 2.75) is 19.8 Å². The molecule has 0 spiro atoms. The summed E-state index contributed by atoms with van der Waals surface area (Å²) in [5, 5.41) is 0. The molecule has 0 fully saturated rings. The van der Waals surface area contributed by atoms with E-state index in [2.05, 4.69) is 74.5 Å². The van der Waals surface area contributed by atoms with Crippen molar-refractivity contribution in [3.05, 3.63) is 59.7 Å². The first-order chi connectivity index (χ1) is 10.7. The van der Waals surface area contributed by atoms with E-state index in [0.29, 0.717) is 0 Å². The van der Waals surface area contributed by atoms with Crippen molar-refractivity contribution in [2.24, 2.45) is 0 Å². The Morgan fingerprint density at radius 1 is 0.864 bits per heavy atom. The van der Waals surface area contributed by atoms with E-state index < -0.39 is 0 Å². The summed E-state index contributed by atoms with van der Waals surface area (Å²) in [4.78, 5) is 2.10. The summed E-state index contributed by atoms with van der Waals surface area (Å²) in [6.45, 7) is 2.96. The molecule has 0 aromatic heterocycles. The number of hydrogen-bond acceptors (Lipinski definition) is 2. The van der Waals surface area contributed by atoms with Gasteiger partial charge in [0, 0.05) is 19.8 Å². The molecule has 0 aliphatic heterocycles. The summed E-state index contributed by atoms with van der Waals surface area (Å²) in [5.74, 6) is 0.945. The van der Waals surface area contributed by atoms with E-state index in [1.54, 1.807) is 0 Å². The van der Waals surface area contributed by atoms with E-state index in [0.717, 1.165) is 25.2 Å². The van der Waals surface area contributed by atoms with Crippen LogP contribution in [0.25, 0.3) is 12.2 Å². The Morgan fingerprint density at radius 3 is 1.91 bits per heavy atom. The van der Waals surface area contributed by atoms with E-state index in [-0.39, 0.29) is 0 Å². The van der Waals surface area contributed by atoms with Gasteiger partial charge in [0.25, 0.3) is 0 Å². The zero-order valence-corrected chi connectivity index (χ0v) is 13.8. The summed E-state index contributed by atoms with van der Waals surface area (Å²) in [6.07, 6.45) is 6.52. The second kappa shape index (κ2) is 8.28. The van der Waals surface area contributed by atoms with Crippen LogP contribution in [-0.2, 0) is 0 Å². The second-order valence-electron chi connectivity index (χ2n) is 5.59. The standard InChI is InChI=1S/C20H25NO/c1-4-5-16-22-20-14-10-18(11-15-20)7-6-17-8-12-19(13-9-17)21(2)3/h6-15H,4-5,16H2,1-3H3. The molecule has 0 N–H and O–H groups in total. The van der Waals surface area contributed by atoms with Gasteiger partial charge < -0.3 is 9.64 Å². The fourth-order valence-electron chi connectivity index (χ4n) is 2.09. The van der Waals surface area contributed by atoms with Gasteiger partial charge in [-0.3, -0.25) is 0 Å². The molecule has 22 heavy (non-hydrogen) atoms. The number of benzene rings is 2. The molecule has 116 valence electrons. The lowest BCUT2D eigenvalue weighted by Crippen LogP contribution is -2.07. The molecule has 2 rings (SSSR count). The maximum Gasteiger partial charge on any atom is 0.119 e. The summed E-state index contributed by atoms with van der Waals surface area (Å²) in [7, 11) is 4.10. The predicted octanol–water partition coefficient (Wildman–Crippen LogP) is 5.10. The maximum absolute atomic E-state index is 5.67. The van der Waals surface area contributed by atoms with Gasteiger partial charge in [-0.1, -0.05) is 49.8 Å². The van der Waals surface area contributed by atoms with Gasteiger partial charge in [-0.05, 0) is 41.8 Å². The predicted molar refractivity (Wildman–Crippen MR) is 96.5 cm³/mol. The molecule has 0 amide bonds. The monoisotopic (exact) mass is 295 g/mol. The minimum absolute atomic E-state index is 0.796. The van der Waals surface area contributed by atoms with Crippen LogP contribution in [0.4, 0.5) is 5.69 Å². The number of hydrogen-bond donors (Lipinski definition) is 0. The minimum Gasteiger partial charge on any atom is -0.494 e. The molecule has 2 aromatic rings.